The molecule has 0 atom stereocenters. The van der Waals surface area contributed by atoms with Gasteiger partial charge in [0, 0.05) is 22.8 Å². The molecule has 2 N–H and O–H groups in total. The third kappa shape index (κ3) is 4.39. The van der Waals surface area contributed by atoms with Crippen molar-refractivity contribution in [2.75, 3.05) is 5.32 Å². The first-order chi connectivity index (χ1) is 11.7. The Morgan fingerprint density at radius 2 is 1.75 bits per heavy atom. The smallest absolute Gasteiger partial charge is 0.270 e. The van der Waals surface area contributed by atoms with Crippen molar-refractivity contribution in [3.8, 4) is 0 Å². The van der Waals surface area contributed by atoms with Gasteiger partial charge in [-0.1, -0.05) is 46.3 Å². The second-order valence-electron chi connectivity index (χ2n) is 5.09. The Kier molecular flexibility index (Phi) is 5.18. The summed E-state index contributed by atoms with van der Waals surface area (Å²) in [6.07, 6.45) is 1.37. The molecule has 3 rings (SSSR count). The average Bonchev–Trinajstić information content (AvgIpc) is 2.63. The zero-order chi connectivity index (χ0) is 16.8. The molecule has 2 aromatic carbocycles. The molecular formula is C18H15BrN4O. The van der Waals surface area contributed by atoms with Crippen molar-refractivity contribution in [2.45, 2.75) is 6.54 Å². The summed E-state index contributed by atoms with van der Waals surface area (Å²) >= 11 is 3.39. The molecule has 0 saturated heterocycles. The molecule has 6 heteroatoms. The van der Waals surface area contributed by atoms with Crippen molar-refractivity contribution in [1.29, 1.82) is 0 Å². The fraction of sp³-hybridized carbons (Fsp3) is 0.0556. The minimum Gasteiger partial charge on any atom is -0.347 e. The van der Waals surface area contributed by atoms with Gasteiger partial charge in [-0.05, 0) is 29.8 Å². The second kappa shape index (κ2) is 7.70. The molecular weight excluding hydrogens is 368 g/mol. The Bertz CT molecular complexity index is 822. The van der Waals surface area contributed by atoms with Crippen LogP contribution in [0.15, 0.2) is 71.5 Å². The molecule has 0 saturated carbocycles. The summed E-state index contributed by atoms with van der Waals surface area (Å²) in [7, 11) is 0. The summed E-state index contributed by atoms with van der Waals surface area (Å²) in [6, 6.07) is 19.1. The lowest BCUT2D eigenvalue weighted by Gasteiger charge is -2.08. The van der Waals surface area contributed by atoms with Crippen LogP contribution in [0, 0.1) is 0 Å². The van der Waals surface area contributed by atoms with E-state index in [-0.39, 0.29) is 5.91 Å². The topological polar surface area (TPSA) is 66.9 Å². The Labute approximate surface area is 148 Å². The maximum absolute atomic E-state index is 12.2. The van der Waals surface area contributed by atoms with Crippen LogP contribution in [0.3, 0.4) is 0 Å². The first kappa shape index (κ1) is 16.1. The molecule has 1 aromatic heterocycles. The van der Waals surface area contributed by atoms with Crippen LogP contribution in [0.1, 0.15) is 16.1 Å². The van der Waals surface area contributed by atoms with Crippen LogP contribution in [0.4, 0.5) is 11.5 Å². The minimum absolute atomic E-state index is 0.236. The Balaban J connectivity index is 1.65. The number of anilines is 2. The monoisotopic (exact) mass is 382 g/mol. The van der Waals surface area contributed by atoms with E-state index >= 15 is 0 Å². The zero-order valence-corrected chi connectivity index (χ0v) is 14.3. The molecule has 3 aromatic rings. The van der Waals surface area contributed by atoms with E-state index in [0.29, 0.717) is 18.1 Å². The van der Waals surface area contributed by atoms with Gasteiger partial charge in [-0.15, -0.1) is 0 Å². The number of benzene rings is 2. The summed E-state index contributed by atoms with van der Waals surface area (Å²) in [6.45, 7) is 0.457. The van der Waals surface area contributed by atoms with E-state index in [1.54, 1.807) is 6.07 Å². The summed E-state index contributed by atoms with van der Waals surface area (Å²) < 4.78 is 0.997. The van der Waals surface area contributed by atoms with Crippen molar-refractivity contribution in [2.24, 2.45) is 0 Å². The fourth-order valence-corrected chi connectivity index (χ4v) is 2.36. The van der Waals surface area contributed by atoms with Crippen molar-refractivity contribution in [3.05, 3.63) is 82.7 Å². The van der Waals surface area contributed by atoms with Crippen LogP contribution in [-0.2, 0) is 6.54 Å². The number of rotatable bonds is 5. The average molecular weight is 383 g/mol. The number of halogens is 1. The minimum atomic E-state index is -0.236. The van der Waals surface area contributed by atoms with Gasteiger partial charge in [0.2, 0.25) is 0 Å². The Morgan fingerprint density at radius 3 is 2.50 bits per heavy atom. The molecule has 120 valence electrons. The van der Waals surface area contributed by atoms with Gasteiger partial charge >= 0.3 is 0 Å². The normalized spacial score (nSPS) is 10.2. The highest BCUT2D eigenvalue weighted by atomic mass is 79.9. The third-order valence-corrected chi connectivity index (χ3v) is 3.84. The van der Waals surface area contributed by atoms with E-state index in [9.17, 15) is 4.79 Å². The van der Waals surface area contributed by atoms with Gasteiger partial charge in [0.05, 0.1) is 0 Å². The number of hydrogen-bond acceptors (Lipinski definition) is 4. The van der Waals surface area contributed by atoms with Gasteiger partial charge in [-0.2, -0.15) is 0 Å². The summed E-state index contributed by atoms with van der Waals surface area (Å²) in [4.78, 5) is 20.4. The number of carbonyl (C=O) groups excluding carboxylic acids is 1. The maximum atomic E-state index is 12.2. The van der Waals surface area contributed by atoms with E-state index < -0.39 is 0 Å². The largest absolute Gasteiger partial charge is 0.347 e. The molecule has 0 radical (unpaired) electrons. The lowest BCUT2D eigenvalue weighted by Crippen LogP contribution is -2.24. The Hall–Kier alpha value is -2.73. The highest BCUT2D eigenvalue weighted by Gasteiger charge is 2.08. The molecule has 0 aliphatic heterocycles. The lowest BCUT2D eigenvalue weighted by atomic mass is 10.2. The van der Waals surface area contributed by atoms with Gasteiger partial charge in [0.25, 0.3) is 5.91 Å². The van der Waals surface area contributed by atoms with Crippen molar-refractivity contribution in [3.63, 3.8) is 0 Å². The van der Waals surface area contributed by atoms with Gasteiger partial charge in [-0.25, -0.2) is 9.97 Å². The van der Waals surface area contributed by atoms with E-state index in [4.69, 9.17) is 0 Å². The zero-order valence-electron chi connectivity index (χ0n) is 12.7. The number of amides is 1. The maximum Gasteiger partial charge on any atom is 0.270 e. The summed E-state index contributed by atoms with van der Waals surface area (Å²) in [5.74, 6) is 0.331. The van der Waals surface area contributed by atoms with Gasteiger partial charge in [-0.3, -0.25) is 4.79 Å². The molecule has 5 nitrogen and oxygen atoms in total. The van der Waals surface area contributed by atoms with Gasteiger partial charge in [0.15, 0.2) is 0 Å². The first-order valence-electron chi connectivity index (χ1n) is 7.37. The molecule has 0 fully saturated rings. The fourth-order valence-electron chi connectivity index (χ4n) is 2.10. The van der Waals surface area contributed by atoms with Crippen LogP contribution in [0.2, 0.25) is 0 Å². The number of aromatic nitrogens is 2. The van der Waals surface area contributed by atoms with Gasteiger partial charge < -0.3 is 10.6 Å². The lowest BCUT2D eigenvalue weighted by molar-refractivity contribution is 0.0946. The van der Waals surface area contributed by atoms with E-state index in [0.717, 1.165) is 15.7 Å². The summed E-state index contributed by atoms with van der Waals surface area (Å²) in [5, 5.41) is 6.00. The predicted molar refractivity (Wildman–Crippen MR) is 97.1 cm³/mol. The van der Waals surface area contributed by atoms with Crippen LogP contribution >= 0.6 is 15.9 Å². The molecule has 0 aliphatic rings. The molecule has 0 spiro atoms. The van der Waals surface area contributed by atoms with Gasteiger partial charge in [0.1, 0.15) is 17.8 Å². The van der Waals surface area contributed by atoms with E-state index in [1.807, 2.05) is 54.6 Å². The summed E-state index contributed by atoms with van der Waals surface area (Å²) in [5.41, 5.74) is 2.24. The van der Waals surface area contributed by atoms with Crippen LogP contribution in [-0.4, -0.2) is 15.9 Å². The molecule has 24 heavy (non-hydrogen) atoms. The molecule has 1 heterocycles. The standard InChI is InChI=1S/C18H15BrN4O/c19-14-6-8-15(9-7-14)23-17-10-16(21-12-22-17)18(24)20-11-13-4-2-1-3-5-13/h1-10,12H,11H2,(H,20,24)(H,21,22,23). The number of hydrogen-bond donors (Lipinski definition) is 2. The molecule has 0 aliphatic carbocycles. The van der Waals surface area contributed by atoms with E-state index in [2.05, 4.69) is 36.5 Å². The Morgan fingerprint density at radius 1 is 1.00 bits per heavy atom. The third-order valence-electron chi connectivity index (χ3n) is 3.31. The molecule has 0 bridgehead atoms. The van der Waals surface area contributed by atoms with E-state index in [1.165, 1.54) is 6.33 Å². The second-order valence-corrected chi connectivity index (χ2v) is 6.00. The SMILES string of the molecule is O=C(NCc1ccccc1)c1cc(Nc2ccc(Br)cc2)ncn1. The highest BCUT2D eigenvalue weighted by Crippen LogP contribution is 2.18. The predicted octanol–water partition coefficient (Wildman–Crippen LogP) is 3.91. The van der Waals surface area contributed by atoms with Crippen LogP contribution in [0.5, 0.6) is 0 Å². The van der Waals surface area contributed by atoms with Crippen LogP contribution < -0.4 is 10.6 Å². The molecule has 0 unspecified atom stereocenters. The first-order valence-corrected chi connectivity index (χ1v) is 8.17. The number of carbonyl (C=O) groups is 1. The van der Waals surface area contributed by atoms with Crippen molar-refractivity contribution >= 4 is 33.3 Å². The molecule has 1 amide bonds. The number of nitrogens with zero attached hydrogens (tertiary/aromatic N) is 2. The van der Waals surface area contributed by atoms with Crippen molar-refractivity contribution < 1.29 is 4.79 Å². The quantitative estimate of drug-likeness (QED) is 0.701. The van der Waals surface area contributed by atoms with Crippen molar-refractivity contribution in [1.82, 2.24) is 15.3 Å². The highest BCUT2D eigenvalue weighted by molar-refractivity contribution is 9.10. The number of nitrogens with one attached hydrogen (secondary N) is 2. The van der Waals surface area contributed by atoms with Crippen LogP contribution in [0.25, 0.3) is 0 Å².